The van der Waals surface area contributed by atoms with Gasteiger partial charge in [-0.1, -0.05) is 36.8 Å². The van der Waals surface area contributed by atoms with Crippen molar-refractivity contribution < 1.29 is 24.2 Å². The minimum atomic E-state index is -1.27. The molecule has 1 saturated carbocycles. The van der Waals surface area contributed by atoms with Crippen molar-refractivity contribution >= 4 is 17.8 Å². The van der Waals surface area contributed by atoms with E-state index < -0.39 is 29.1 Å². The molecule has 26 heavy (non-hydrogen) atoms. The molecule has 1 aromatic carbocycles. The molecular weight excluding hydrogens is 336 g/mol. The smallest absolute Gasteiger partial charge is 0.276 e. The Morgan fingerprint density at radius 3 is 2.54 bits per heavy atom. The summed E-state index contributed by atoms with van der Waals surface area (Å²) in [6.45, 7) is 3.21. The molecule has 2 aliphatic rings. The molecule has 0 unspecified atom stereocenters. The summed E-state index contributed by atoms with van der Waals surface area (Å²) in [7, 11) is 0. The highest BCUT2D eigenvalue weighted by molar-refractivity contribution is 5.90. The number of hydrazine groups is 1. The van der Waals surface area contributed by atoms with Crippen LogP contribution in [0.4, 0.5) is 0 Å². The maximum Gasteiger partial charge on any atom is 0.276 e. The van der Waals surface area contributed by atoms with Crippen LogP contribution in [0, 0.1) is 30.1 Å². The third-order valence-electron chi connectivity index (χ3n) is 5.40. The number of amides is 2. The number of carboxylic acids is 1. The number of carboxylic acid groups (broad SMARTS) is 1. The average Bonchev–Trinajstić information content (AvgIpc) is 3.19. The molecule has 1 fully saturated rings. The van der Waals surface area contributed by atoms with Gasteiger partial charge in [0, 0.05) is 11.4 Å². The largest absolute Gasteiger partial charge is 0.550 e. The fourth-order valence-electron chi connectivity index (χ4n) is 3.87. The Balaban J connectivity index is 1.53. The molecule has 2 bridgehead atoms. The molecule has 0 aromatic heterocycles. The third kappa shape index (κ3) is 3.16. The van der Waals surface area contributed by atoms with Crippen LogP contribution in [0.5, 0.6) is 5.75 Å². The lowest BCUT2D eigenvalue weighted by Gasteiger charge is -2.38. The highest BCUT2D eigenvalue weighted by Gasteiger charge is 2.57. The van der Waals surface area contributed by atoms with Crippen molar-refractivity contribution in [1.29, 1.82) is 0 Å². The number of nitrogens with one attached hydrogen (secondary N) is 2. The first-order valence-corrected chi connectivity index (χ1v) is 8.50. The fourth-order valence-corrected chi connectivity index (χ4v) is 3.87. The Morgan fingerprint density at radius 1 is 1.19 bits per heavy atom. The molecule has 138 valence electrons. The zero-order chi connectivity index (χ0) is 18.9. The third-order valence-corrected chi connectivity index (χ3v) is 5.40. The molecule has 0 aliphatic heterocycles. The molecule has 2 N–H and O–H groups in total. The number of ether oxygens (including phenoxy) is 1. The van der Waals surface area contributed by atoms with Crippen LogP contribution < -0.4 is 20.7 Å². The number of carbonyl (C=O) groups is 3. The first kappa shape index (κ1) is 18.0. The molecular formula is C19H21N2O5-. The van der Waals surface area contributed by atoms with Gasteiger partial charge in [-0.25, -0.2) is 0 Å². The van der Waals surface area contributed by atoms with Gasteiger partial charge in [0.2, 0.25) is 5.91 Å². The second-order valence-electron chi connectivity index (χ2n) is 7.08. The van der Waals surface area contributed by atoms with Crippen LogP contribution in [0.1, 0.15) is 18.9 Å². The summed E-state index contributed by atoms with van der Waals surface area (Å²) in [6, 6.07) is 7.21. The fraction of sp³-hybridized carbons (Fsp3) is 0.421. The summed E-state index contributed by atoms with van der Waals surface area (Å²) in [5.74, 6) is -2.94. The number of benzene rings is 1. The summed E-state index contributed by atoms with van der Waals surface area (Å²) in [4.78, 5) is 36.0. The minimum Gasteiger partial charge on any atom is -0.550 e. The van der Waals surface area contributed by atoms with Crippen LogP contribution in [0.2, 0.25) is 0 Å². The van der Waals surface area contributed by atoms with Crippen molar-refractivity contribution in [3.05, 3.63) is 42.0 Å². The van der Waals surface area contributed by atoms with E-state index in [-0.39, 0.29) is 18.4 Å². The van der Waals surface area contributed by atoms with Gasteiger partial charge in [0.1, 0.15) is 5.75 Å². The zero-order valence-corrected chi connectivity index (χ0v) is 14.7. The van der Waals surface area contributed by atoms with Crippen LogP contribution in [0.25, 0.3) is 0 Å². The number of carbonyl (C=O) groups excluding carboxylic acids is 3. The molecule has 7 nitrogen and oxygen atoms in total. The maximum atomic E-state index is 12.5. The first-order chi connectivity index (χ1) is 12.3. The van der Waals surface area contributed by atoms with E-state index in [0.717, 1.165) is 5.56 Å². The molecule has 2 amide bonds. The normalized spacial score (nSPS) is 28.6. The standard InChI is InChI=1S/C19H22N2O5/c1-11-3-7-14(8-4-11)26-10-15(22)20-21-17(23)16-12-5-6-13(9-12)19(16,2)18(24)25/h3-8,12-13,16H,9-10H2,1-2H3,(H,20,22)(H,21,23)(H,24,25)/p-1/t12-,13-,16+,19+/m0/s1. The minimum absolute atomic E-state index is 0.163. The van der Waals surface area contributed by atoms with Gasteiger partial charge < -0.3 is 14.6 Å². The number of hydrogen-bond acceptors (Lipinski definition) is 5. The van der Waals surface area contributed by atoms with Gasteiger partial charge >= 0.3 is 0 Å². The van der Waals surface area contributed by atoms with Gasteiger partial charge in [-0.3, -0.25) is 20.4 Å². The molecule has 0 heterocycles. The van der Waals surface area contributed by atoms with Crippen LogP contribution in [-0.2, 0) is 14.4 Å². The van der Waals surface area contributed by atoms with Crippen LogP contribution in [0.3, 0.4) is 0 Å². The number of allylic oxidation sites excluding steroid dienone is 2. The highest BCUT2D eigenvalue weighted by atomic mass is 16.5. The topological polar surface area (TPSA) is 108 Å². The molecule has 1 aromatic rings. The quantitative estimate of drug-likeness (QED) is 0.574. The van der Waals surface area contributed by atoms with Crippen molar-refractivity contribution in [3.63, 3.8) is 0 Å². The second kappa shape index (κ2) is 6.82. The molecule has 2 aliphatic carbocycles. The van der Waals surface area contributed by atoms with Crippen molar-refractivity contribution in [2.75, 3.05) is 6.61 Å². The lowest BCUT2D eigenvalue weighted by molar-refractivity contribution is -0.321. The van der Waals surface area contributed by atoms with Gasteiger partial charge in [0.05, 0.1) is 5.92 Å². The van der Waals surface area contributed by atoms with Crippen LogP contribution in [0.15, 0.2) is 36.4 Å². The van der Waals surface area contributed by atoms with E-state index in [4.69, 9.17) is 4.74 Å². The first-order valence-electron chi connectivity index (χ1n) is 8.50. The zero-order valence-electron chi connectivity index (χ0n) is 14.7. The predicted molar refractivity (Wildman–Crippen MR) is 90.3 cm³/mol. The average molecular weight is 357 g/mol. The number of aliphatic carboxylic acids is 1. The van der Waals surface area contributed by atoms with Gasteiger partial charge in [-0.2, -0.15) is 0 Å². The number of aryl methyl sites for hydroxylation is 1. The Kier molecular flexibility index (Phi) is 4.71. The Labute approximate surface area is 151 Å². The Morgan fingerprint density at radius 2 is 1.88 bits per heavy atom. The summed E-state index contributed by atoms with van der Waals surface area (Å²) in [6.07, 6.45) is 4.30. The van der Waals surface area contributed by atoms with E-state index in [1.807, 2.05) is 31.2 Å². The van der Waals surface area contributed by atoms with Crippen molar-refractivity contribution in [3.8, 4) is 5.75 Å². The number of rotatable bonds is 5. The maximum absolute atomic E-state index is 12.5. The lowest BCUT2D eigenvalue weighted by Crippen LogP contribution is -2.55. The summed E-state index contributed by atoms with van der Waals surface area (Å²) in [5, 5.41) is 11.6. The van der Waals surface area contributed by atoms with E-state index >= 15 is 0 Å². The number of hydrogen-bond donors (Lipinski definition) is 2. The molecule has 0 radical (unpaired) electrons. The molecule has 3 rings (SSSR count). The SMILES string of the molecule is Cc1ccc(OCC(=O)NNC(=O)[C@H]2[C@H]3C=C[C@@H](C3)[C@@]2(C)C(=O)[O-])cc1. The van der Waals surface area contributed by atoms with Gasteiger partial charge in [-0.05, 0) is 37.3 Å². The van der Waals surface area contributed by atoms with Gasteiger partial charge in [0.15, 0.2) is 6.61 Å². The van der Waals surface area contributed by atoms with Crippen LogP contribution >= 0.6 is 0 Å². The molecule has 4 atom stereocenters. The van der Waals surface area contributed by atoms with Crippen molar-refractivity contribution in [1.82, 2.24) is 10.9 Å². The summed E-state index contributed by atoms with van der Waals surface area (Å²) < 4.78 is 5.33. The second-order valence-corrected chi connectivity index (χ2v) is 7.08. The van der Waals surface area contributed by atoms with Crippen LogP contribution in [-0.4, -0.2) is 24.4 Å². The predicted octanol–water partition coefficient (Wildman–Crippen LogP) is 0.0995. The Bertz CT molecular complexity index is 758. The number of fused-ring (bicyclic) bond motifs is 2. The summed E-state index contributed by atoms with van der Waals surface area (Å²) >= 11 is 0. The molecule has 7 heteroatoms. The van der Waals surface area contributed by atoms with E-state index in [1.54, 1.807) is 12.1 Å². The van der Waals surface area contributed by atoms with Crippen molar-refractivity contribution in [2.24, 2.45) is 23.2 Å². The van der Waals surface area contributed by atoms with Gasteiger partial charge in [0.25, 0.3) is 5.91 Å². The lowest BCUT2D eigenvalue weighted by atomic mass is 9.69. The van der Waals surface area contributed by atoms with E-state index in [0.29, 0.717) is 12.2 Å². The van der Waals surface area contributed by atoms with E-state index in [2.05, 4.69) is 10.9 Å². The van der Waals surface area contributed by atoms with Crippen molar-refractivity contribution in [2.45, 2.75) is 20.3 Å². The highest BCUT2D eigenvalue weighted by Crippen LogP contribution is 2.55. The molecule has 0 spiro atoms. The van der Waals surface area contributed by atoms with E-state index in [9.17, 15) is 19.5 Å². The monoisotopic (exact) mass is 357 g/mol. The van der Waals surface area contributed by atoms with E-state index in [1.165, 1.54) is 6.92 Å². The summed E-state index contributed by atoms with van der Waals surface area (Å²) in [5.41, 5.74) is 4.40. The Hall–Kier alpha value is -2.83. The van der Waals surface area contributed by atoms with Gasteiger partial charge in [-0.15, -0.1) is 0 Å². The molecule has 0 saturated heterocycles.